The van der Waals surface area contributed by atoms with Crippen LogP contribution < -0.4 is 0 Å². The van der Waals surface area contributed by atoms with E-state index in [0.717, 1.165) is 32.1 Å². The number of ketones is 1. The molecule has 6 nitrogen and oxygen atoms in total. The van der Waals surface area contributed by atoms with Gasteiger partial charge in [-0.2, -0.15) is 0 Å². The maximum absolute atomic E-state index is 13.3. The van der Waals surface area contributed by atoms with Crippen LogP contribution in [0.4, 0.5) is 0 Å². The van der Waals surface area contributed by atoms with Crippen LogP contribution in [0.1, 0.15) is 73.1 Å². The van der Waals surface area contributed by atoms with E-state index in [4.69, 9.17) is 14.2 Å². The Hall–Kier alpha value is -1.24. The van der Waals surface area contributed by atoms with Crippen molar-refractivity contribution in [1.82, 2.24) is 0 Å². The molecule has 6 heteroatoms. The lowest BCUT2D eigenvalue weighted by Crippen LogP contribution is -2.67. The summed E-state index contributed by atoms with van der Waals surface area (Å²) in [6.07, 6.45) is 8.74. The van der Waals surface area contributed by atoms with Gasteiger partial charge in [0.25, 0.3) is 0 Å². The van der Waals surface area contributed by atoms with Gasteiger partial charge in [0.15, 0.2) is 11.4 Å². The number of ether oxygens (including phenoxy) is 3. The molecule has 7 aliphatic rings. The average Bonchev–Trinajstić information content (AvgIpc) is 3.64. The molecule has 6 fully saturated rings. The predicted octanol–water partition coefficient (Wildman–Crippen LogP) is 3.59. The van der Waals surface area contributed by atoms with E-state index in [1.165, 1.54) is 0 Å². The van der Waals surface area contributed by atoms with Gasteiger partial charge in [-0.05, 0) is 94.0 Å². The van der Waals surface area contributed by atoms with Crippen molar-refractivity contribution in [3.63, 3.8) is 0 Å². The van der Waals surface area contributed by atoms with Crippen molar-refractivity contribution in [2.75, 3.05) is 0 Å². The van der Waals surface area contributed by atoms with Crippen LogP contribution in [-0.4, -0.2) is 52.0 Å². The van der Waals surface area contributed by atoms with E-state index in [9.17, 15) is 14.7 Å². The van der Waals surface area contributed by atoms with E-state index in [1.807, 2.05) is 26.8 Å². The summed E-state index contributed by atoms with van der Waals surface area (Å²) in [5.74, 6) is 1.50. The summed E-state index contributed by atoms with van der Waals surface area (Å²) in [6.45, 7) is 10.6. The predicted molar refractivity (Wildman–Crippen MR) is 123 cm³/mol. The van der Waals surface area contributed by atoms with Gasteiger partial charge < -0.3 is 19.3 Å². The van der Waals surface area contributed by atoms with E-state index < -0.39 is 22.2 Å². The smallest absolute Gasteiger partial charge is 0.341 e. The second kappa shape index (κ2) is 6.18. The first kappa shape index (κ1) is 22.0. The fraction of sp³-hybridized carbons (Fsp3) is 0.857. The number of fused-ring (bicyclic) bond motifs is 9. The Morgan fingerprint density at radius 3 is 2.59 bits per heavy atom. The third kappa shape index (κ3) is 2.26. The van der Waals surface area contributed by atoms with Crippen LogP contribution in [0.25, 0.3) is 0 Å². The minimum atomic E-state index is -1.08. The number of cyclic esters (lactones) is 1. The van der Waals surface area contributed by atoms with Crippen molar-refractivity contribution in [1.29, 1.82) is 0 Å². The summed E-state index contributed by atoms with van der Waals surface area (Å²) in [6, 6.07) is 0. The third-order valence-electron chi connectivity index (χ3n) is 12.5. The normalized spacial score (nSPS) is 61.9. The summed E-state index contributed by atoms with van der Waals surface area (Å²) in [5, 5.41) is 11.7. The number of aliphatic hydroxyl groups is 1. The number of carbonyl (C=O) groups excluding carboxylic acids is 2. The Morgan fingerprint density at radius 2 is 1.85 bits per heavy atom. The molecule has 4 aliphatic carbocycles. The standard InChI is InChI=1S/C28H38O6/c1-14(18-13-25(3)27(5,34-25)23(30)32-18)15-8-9-16-20-17(10-12-24(15,16)2)26(4)19(29)7-6-11-28(26,31)22-21(20)33-22/h6-7,14-18,20-22,31H,8-13H2,1-5H3/t14-,15+,16-,17-,18?,20-,21-,22-,24+,25?,26-,27?,28-/m0/s1. The molecule has 1 N–H and O–H groups in total. The summed E-state index contributed by atoms with van der Waals surface area (Å²) < 4.78 is 18.1. The molecule has 13 atom stereocenters. The van der Waals surface area contributed by atoms with Crippen LogP contribution >= 0.6 is 0 Å². The number of epoxide rings is 2. The van der Waals surface area contributed by atoms with Crippen LogP contribution in [-0.2, 0) is 23.8 Å². The zero-order valence-corrected chi connectivity index (χ0v) is 21.0. The average molecular weight is 471 g/mol. The van der Waals surface area contributed by atoms with Crippen LogP contribution in [0.3, 0.4) is 0 Å². The zero-order valence-electron chi connectivity index (χ0n) is 21.0. The van der Waals surface area contributed by atoms with Crippen molar-refractivity contribution in [2.24, 2.45) is 40.4 Å². The minimum Gasteiger partial charge on any atom is -0.460 e. The molecular weight excluding hydrogens is 432 g/mol. The molecule has 0 radical (unpaired) electrons. The number of hydrogen-bond donors (Lipinski definition) is 1. The Labute approximate surface area is 201 Å². The largest absolute Gasteiger partial charge is 0.460 e. The SMILES string of the molecule is C[C@H](C1CC2(C)OC2(C)C(=O)O1)[C@H]1CC[C@H]2[C@@H]3[C@@H]4O[C@@H]4[C@@]4(O)CC=CC(=O)[C@]4(C)[C@H]3CC[C@]12C. The quantitative estimate of drug-likeness (QED) is 0.490. The summed E-state index contributed by atoms with van der Waals surface area (Å²) in [5.41, 5.74) is -2.89. The van der Waals surface area contributed by atoms with Gasteiger partial charge in [-0.1, -0.05) is 19.9 Å². The van der Waals surface area contributed by atoms with Crippen LogP contribution in [0.15, 0.2) is 12.2 Å². The van der Waals surface area contributed by atoms with Gasteiger partial charge in [0.2, 0.25) is 0 Å². The highest BCUT2D eigenvalue weighted by Gasteiger charge is 2.78. The topological polar surface area (TPSA) is 88.7 Å². The highest BCUT2D eigenvalue weighted by molar-refractivity contribution is 5.97. The van der Waals surface area contributed by atoms with Gasteiger partial charge in [-0.3, -0.25) is 4.79 Å². The number of esters is 1. The van der Waals surface area contributed by atoms with E-state index in [1.54, 1.807) is 6.08 Å². The third-order valence-corrected chi connectivity index (χ3v) is 12.5. The first-order valence-corrected chi connectivity index (χ1v) is 13.4. The molecule has 0 bridgehead atoms. The second-order valence-corrected chi connectivity index (χ2v) is 13.5. The second-order valence-electron chi connectivity index (χ2n) is 13.5. The fourth-order valence-electron chi connectivity index (χ4n) is 10.0. The Morgan fingerprint density at radius 1 is 1.09 bits per heavy atom. The van der Waals surface area contributed by atoms with Gasteiger partial charge in [-0.25, -0.2) is 4.79 Å². The minimum absolute atomic E-state index is 0.0630. The molecule has 3 heterocycles. The van der Waals surface area contributed by atoms with Crippen LogP contribution in [0, 0.1) is 40.4 Å². The van der Waals surface area contributed by atoms with Crippen molar-refractivity contribution in [3.8, 4) is 0 Å². The molecule has 3 aliphatic heterocycles. The van der Waals surface area contributed by atoms with E-state index in [-0.39, 0.29) is 47.3 Å². The van der Waals surface area contributed by atoms with Crippen molar-refractivity contribution in [3.05, 3.63) is 12.2 Å². The van der Waals surface area contributed by atoms with E-state index in [0.29, 0.717) is 24.2 Å². The van der Waals surface area contributed by atoms with E-state index in [2.05, 4.69) is 13.8 Å². The molecule has 34 heavy (non-hydrogen) atoms. The molecule has 3 unspecified atom stereocenters. The first-order valence-electron chi connectivity index (χ1n) is 13.4. The molecule has 0 aromatic heterocycles. The monoisotopic (exact) mass is 470 g/mol. The lowest BCUT2D eigenvalue weighted by atomic mass is 9.43. The Balaban J connectivity index is 1.18. The molecule has 3 saturated carbocycles. The number of carbonyl (C=O) groups is 2. The Kier molecular flexibility index (Phi) is 3.99. The molecule has 0 spiro atoms. The maximum Gasteiger partial charge on any atom is 0.341 e. The van der Waals surface area contributed by atoms with Crippen LogP contribution in [0.5, 0.6) is 0 Å². The number of rotatable bonds is 2. The molecule has 0 amide bonds. The van der Waals surface area contributed by atoms with Gasteiger partial charge in [0.1, 0.15) is 23.4 Å². The molecule has 7 rings (SSSR count). The molecule has 0 aromatic rings. The van der Waals surface area contributed by atoms with Gasteiger partial charge >= 0.3 is 5.97 Å². The number of hydrogen-bond acceptors (Lipinski definition) is 6. The van der Waals surface area contributed by atoms with Crippen molar-refractivity contribution >= 4 is 11.8 Å². The highest BCUT2D eigenvalue weighted by Crippen LogP contribution is 2.72. The van der Waals surface area contributed by atoms with Gasteiger partial charge in [-0.15, -0.1) is 0 Å². The molecule has 3 saturated heterocycles. The van der Waals surface area contributed by atoms with Crippen LogP contribution in [0.2, 0.25) is 0 Å². The highest BCUT2D eigenvalue weighted by atomic mass is 16.7. The lowest BCUT2D eigenvalue weighted by Gasteiger charge is -2.60. The maximum atomic E-state index is 13.3. The summed E-state index contributed by atoms with van der Waals surface area (Å²) >= 11 is 0. The molecule has 186 valence electrons. The number of allylic oxidation sites excluding steroid dienone is 1. The summed E-state index contributed by atoms with van der Waals surface area (Å²) in [4.78, 5) is 26.0. The molecular formula is C28H38O6. The fourth-order valence-corrected chi connectivity index (χ4v) is 10.0. The lowest BCUT2D eigenvalue weighted by molar-refractivity contribution is -0.183. The van der Waals surface area contributed by atoms with E-state index >= 15 is 0 Å². The summed E-state index contributed by atoms with van der Waals surface area (Å²) in [7, 11) is 0. The zero-order chi connectivity index (χ0) is 24.1. The first-order chi connectivity index (χ1) is 15.9. The molecule has 0 aromatic carbocycles. The van der Waals surface area contributed by atoms with Gasteiger partial charge in [0.05, 0.1) is 11.5 Å². The van der Waals surface area contributed by atoms with Gasteiger partial charge in [0, 0.05) is 6.42 Å². The van der Waals surface area contributed by atoms with Crippen molar-refractivity contribution in [2.45, 2.75) is 108 Å². The Bertz CT molecular complexity index is 1020. The van der Waals surface area contributed by atoms with Crippen molar-refractivity contribution < 1.29 is 28.9 Å².